The lowest BCUT2D eigenvalue weighted by Gasteiger charge is -2.34. The van der Waals surface area contributed by atoms with Crippen LogP contribution in [-0.4, -0.2) is 72.8 Å². The predicted octanol–water partition coefficient (Wildman–Crippen LogP) is 3.05. The van der Waals surface area contributed by atoms with Gasteiger partial charge in [-0.2, -0.15) is 0 Å². The summed E-state index contributed by atoms with van der Waals surface area (Å²) in [6.45, 7) is 5.85. The minimum atomic E-state index is -1.15. The highest BCUT2D eigenvalue weighted by Gasteiger charge is 2.72. The van der Waals surface area contributed by atoms with Gasteiger partial charge in [-0.25, -0.2) is 0 Å². The molecule has 1 saturated carbocycles. The molecule has 38 heavy (non-hydrogen) atoms. The number of carbonyl (C=O) groups excluding carboxylic acids is 3. The Morgan fingerprint density at radius 3 is 2.55 bits per heavy atom. The van der Waals surface area contributed by atoms with Crippen molar-refractivity contribution in [3.63, 3.8) is 0 Å². The van der Waals surface area contributed by atoms with E-state index in [4.69, 9.17) is 14.2 Å². The molecule has 1 aromatic rings. The Kier molecular flexibility index (Phi) is 8.04. The van der Waals surface area contributed by atoms with Crippen molar-refractivity contribution in [2.24, 2.45) is 11.8 Å². The molecule has 2 N–H and O–H groups in total. The van der Waals surface area contributed by atoms with Gasteiger partial charge in [-0.15, -0.1) is 0 Å². The summed E-state index contributed by atoms with van der Waals surface area (Å²) in [5.41, 5.74) is -0.530. The number of fused-ring (bicyclic) bond motifs is 1. The smallest absolute Gasteiger partial charge is 0.246 e. The molecule has 0 unspecified atom stereocenters. The maximum absolute atomic E-state index is 13.9. The average Bonchev–Trinajstić information content (AvgIpc) is 3.56. The molecule has 1 spiro atoms. The number of benzene rings is 1. The van der Waals surface area contributed by atoms with Crippen LogP contribution in [0, 0.1) is 11.8 Å². The lowest BCUT2D eigenvalue weighted by atomic mass is 9.74. The van der Waals surface area contributed by atoms with Crippen LogP contribution in [0.15, 0.2) is 36.4 Å². The van der Waals surface area contributed by atoms with E-state index >= 15 is 0 Å². The van der Waals surface area contributed by atoms with E-state index in [0.29, 0.717) is 38.5 Å². The summed E-state index contributed by atoms with van der Waals surface area (Å²) in [5, 5.41) is 6.17. The number of nitrogens with one attached hydrogen (secondary N) is 2. The van der Waals surface area contributed by atoms with Gasteiger partial charge in [0.2, 0.25) is 17.7 Å². The van der Waals surface area contributed by atoms with E-state index in [1.807, 2.05) is 26.0 Å². The Morgan fingerprint density at radius 2 is 1.84 bits per heavy atom. The SMILES string of the molecule is CCOCCCN1C(=O)[C@H]2[C@@H](C(=O)Nc3ccc(OCC)cc3)[C@H]3C=C[C@@]2(O3)[C@@H]1C(=O)NC1CCCCC1. The van der Waals surface area contributed by atoms with Crippen LogP contribution in [0.5, 0.6) is 5.75 Å². The second kappa shape index (κ2) is 11.5. The van der Waals surface area contributed by atoms with Gasteiger partial charge in [0.15, 0.2) is 0 Å². The lowest BCUT2D eigenvalue weighted by molar-refractivity contribution is -0.141. The Hall–Kier alpha value is -2.91. The maximum Gasteiger partial charge on any atom is 0.246 e. The molecule has 3 aliphatic heterocycles. The fraction of sp³-hybridized carbons (Fsp3) is 0.621. The molecule has 3 heterocycles. The van der Waals surface area contributed by atoms with E-state index in [1.165, 1.54) is 6.42 Å². The summed E-state index contributed by atoms with van der Waals surface area (Å²) < 4.78 is 17.4. The van der Waals surface area contributed by atoms with Gasteiger partial charge in [-0.3, -0.25) is 14.4 Å². The minimum Gasteiger partial charge on any atom is -0.494 e. The van der Waals surface area contributed by atoms with Crippen LogP contribution in [0.1, 0.15) is 52.4 Å². The zero-order chi connectivity index (χ0) is 26.7. The molecule has 1 aromatic carbocycles. The fourth-order valence-electron chi connectivity index (χ4n) is 6.54. The third-order valence-corrected chi connectivity index (χ3v) is 8.20. The van der Waals surface area contributed by atoms with Gasteiger partial charge in [0.05, 0.1) is 24.5 Å². The molecular weight excluding hydrogens is 486 g/mol. The van der Waals surface area contributed by atoms with Crippen molar-refractivity contribution in [3.8, 4) is 5.75 Å². The average molecular weight is 526 g/mol. The molecule has 9 heteroatoms. The van der Waals surface area contributed by atoms with Crippen molar-refractivity contribution < 1.29 is 28.6 Å². The molecule has 3 fully saturated rings. The summed E-state index contributed by atoms with van der Waals surface area (Å²) >= 11 is 0. The van der Waals surface area contributed by atoms with Gasteiger partial charge in [0, 0.05) is 31.5 Å². The molecule has 9 nitrogen and oxygen atoms in total. The number of likely N-dealkylation sites (tertiary alicyclic amines) is 1. The van der Waals surface area contributed by atoms with Crippen molar-refractivity contribution in [1.82, 2.24) is 10.2 Å². The standard InChI is InChI=1S/C29H39N3O6/c1-3-36-18-8-17-32-25(27(34)31-19-9-6-5-7-10-19)29-16-15-22(38-29)23(24(29)28(32)35)26(33)30-20-11-13-21(14-12-20)37-4-2/h11-16,19,22-25H,3-10,17-18H2,1-2H3,(H,30,33)(H,31,34)/t22-,23+,24-,25+,29+/m1/s1. The first-order valence-electron chi connectivity index (χ1n) is 14.1. The quantitative estimate of drug-likeness (QED) is 0.340. The van der Waals surface area contributed by atoms with Crippen LogP contribution in [0.25, 0.3) is 0 Å². The van der Waals surface area contributed by atoms with Crippen LogP contribution in [0.3, 0.4) is 0 Å². The third kappa shape index (κ3) is 4.94. The van der Waals surface area contributed by atoms with Gasteiger partial charge in [-0.1, -0.05) is 31.4 Å². The number of hydrogen-bond acceptors (Lipinski definition) is 6. The number of anilines is 1. The van der Waals surface area contributed by atoms with Crippen molar-refractivity contribution in [1.29, 1.82) is 0 Å². The largest absolute Gasteiger partial charge is 0.494 e. The second-order valence-electron chi connectivity index (χ2n) is 10.6. The van der Waals surface area contributed by atoms with Gasteiger partial charge < -0.3 is 29.7 Å². The van der Waals surface area contributed by atoms with E-state index in [9.17, 15) is 14.4 Å². The van der Waals surface area contributed by atoms with Crippen LogP contribution < -0.4 is 15.4 Å². The summed E-state index contributed by atoms with van der Waals surface area (Å²) in [7, 11) is 0. The van der Waals surface area contributed by atoms with E-state index in [0.717, 1.165) is 31.4 Å². The number of rotatable bonds is 11. The summed E-state index contributed by atoms with van der Waals surface area (Å²) in [6, 6.07) is 6.44. The molecule has 2 saturated heterocycles. The Balaban J connectivity index is 1.37. The Labute approximate surface area is 224 Å². The van der Waals surface area contributed by atoms with Gasteiger partial charge in [0.1, 0.15) is 17.4 Å². The minimum absolute atomic E-state index is 0.105. The van der Waals surface area contributed by atoms with Gasteiger partial charge >= 0.3 is 0 Å². The van der Waals surface area contributed by atoms with Crippen molar-refractivity contribution in [2.45, 2.75) is 76.2 Å². The van der Waals surface area contributed by atoms with Crippen molar-refractivity contribution in [3.05, 3.63) is 36.4 Å². The molecule has 206 valence electrons. The molecular formula is C29H39N3O6. The van der Waals surface area contributed by atoms with E-state index in [1.54, 1.807) is 29.2 Å². The Bertz CT molecular complexity index is 1050. The maximum atomic E-state index is 13.9. The van der Waals surface area contributed by atoms with E-state index < -0.39 is 29.6 Å². The highest BCUT2D eigenvalue weighted by atomic mass is 16.5. The zero-order valence-electron chi connectivity index (χ0n) is 22.3. The third-order valence-electron chi connectivity index (χ3n) is 8.20. The number of ether oxygens (including phenoxy) is 3. The van der Waals surface area contributed by atoms with Crippen LogP contribution in [0.2, 0.25) is 0 Å². The molecule has 5 atom stereocenters. The van der Waals surface area contributed by atoms with E-state index in [2.05, 4.69) is 10.6 Å². The van der Waals surface area contributed by atoms with Gasteiger partial charge in [0.25, 0.3) is 0 Å². The van der Waals surface area contributed by atoms with E-state index in [-0.39, 0.29) is 23.8 Å². The van der Waals surface area contributed by atoms with Crippen LogP contribution in [0.4, 0.5) is 5.69 Å². The monoisotopic (exact) mass is 525 g/mol. The Morgan fingerprint density at radius 1 is 1.08 bits per heavy atom. The first-order chi connectivity index (χ1) is 18.5. The molecule has 0 radical (unpaired) electrons. The summed E-state index contributed by atoms with van der Waals surface area (Å²) in [4.78, 5) is 42.9. The molecule has 1 aliphatic carbocycles. The highest BCUT2D eigenvalue weighted by molar-refractivity contribution is 6.02. The zero-order valence-corrected chi connectivity index (χ0v) is 22.3. The van der Waals surface area contributed by atoms with Crippen LogP contribution in [-0.2, 0) is 23.9 Å². The lowest BCUT2D eigenvalue weighted by Crippen LogP contribution is -2.56. The molecule has 0 aromatic heterocycles. The first-order valence-corrected chi connectivity index (χ1v) is 14.1. The van der Waals surface area contributed by atoms with Crippen molar-refractivity contribution in [2.75, 3.05) is 31.7 Å². The first kappa shape index (κ1) is 26.7. The number of carbonyl (C=O) groups is 3. The second-order valence-corrected chi connectivity index (χ2v) is 10.6. The van der Waals surface area contributed by atoms with Crippen molar-refractivity contribution >= 4 is 23.4 Å². The highest BCUT2D eigenvalue weighted by Crippen LogP contribution is 2.55. The topological polar surface area (TPSA) is 106 Å². The number of amides is 3. The molecule has 4 aliphatic rings. The number of nitrogens with zero attached hydrogens (tertiary/aromatic N) is 1. The molecule has 2 bridgehead atoms. The normalized spacial score (nSPS) is 29.9. The molecule has 5 rings (SSSR count). The summed E-state index contributed by atoms with van der Waals surface area (Å²) in [6.07, 6.45) is 9.00. The van der Waals surface area contributed by atoms with Crippen LogP contribution >= 0.6 is 0 Å². The predicted molar refractivity (Wildman–Crippen MR) is 142 cm³/mol. The molecule has 3 amide bonds. The fourth-order valence-corrected chi connectivity index (χ4v) is 6.54. The van der Waals surface area contributed by atoms with Gasteiger partial charge in [-0.05, 0) is 57.4 Å². The summed E-state index contributed by atoms with van der Waals surface area (Å²) in [5.74, 6) is -1.44. The number of hydrogen-bond donors (Lipinski definition) is 2.